The maximum Gasteiger partial charge on any atom is 0.236 e. The van der Waals surface area contributed by atoms with Crippen molar-refractivity contribution in [1.29, 1.82) is 0 Å². The summed E-state index contributed by atoms with van der Waals surface area (Å²) in [6, 6.07) is 0. The van der Waals surface area contributed by atoms with Crippen molar-refractivity contribution in [3.63, 3.8) is 0 Å². The first-order valence-electron chi connectivity index (χ1n) is 6.08. The van der Waals surface area contributed by atoms with Crippen LogP contribution < -0.4 is 5.32 Å². The van der Waals surface area contributed by atoms with E-state index < -0.39 is 0 Å². The highest BCUT2D eigenvalue weighted by Crippen LogP contribution is 2.05. The average molecular weight is 227 g/mol. The van der Waals surface area contributed by atoms with Gasteiger partial charge in [-0.3, -0.25) is 9.69 Å². The van der Waals surface area contributed by atoms with Crippen LogP contribution in [0.25, 0.3) is 0 Å². The second-order valence-electron chi connectivity index (χ2n) is 4.55. The monoisotopic (exact) mass is 227 g/mol. The minimum Gasteiger partial charge on any atom is -0.376 e. The van der Waals surface area contributed by atoms with Crippen molar-refractivity contribution in [1.82, 2.24) is 15.1 Å². The van der Waals surface area contributed by atoms with E-state index in [9.17, 15) is 4.79 Å². The first kappa shape index (κ1) is 11.8. The molecular weight excluding hydrogens is 206 g/mol. The molecule has 5 nitrogen and oxygen atoms in total. The third-order valence-electron chi connectivity index (χ3n) is 3.15. The Hall–Kier alpha value is -0.650. The molecule has 92 valence electrons. The number of morpholine rings is 1. The van der Waals surface area contributed by atoms with Crippen LogP contribution in [-0.4, -0.2) is 74.2 Å². The molecule has 2 aliphatic heterocycles. The van der Waals surface area contributed by atoms with Gasteiger partial charge in [-0.1, -0.05) is 0 Å². The third-order valence-corrected chi connectivity index (χ3v) is 3.15. The van der Waals surface area contributed by atoms with Crippen LogP contribution >= 0.6 is 0 Å². The Kier molecular flexibility index (Phi) is 4.15. The van der Waals surface area contributed by atoms with Crippen molar-refractivity contribution in [2.75, 3.05) is 52.4 Å². The van der Waals surface area contributed by atoms with Gasteiger partial charge in [-0.2, -0.15) is 0 Å². The molecule has 2 aliphatic rings. The summed E-state index contributed by atoms with van der Waals surface area (Å²) >= 11 is 0. The number of nitrogens with zero attached hydrogens (tertiary/aromatic N) is 2. The van der Waals surface area contributed by atoms with Gasteiger partial charge in [0.2, 0.25) is 5.91 Å². The van der Waals surface area contributed by atoms with Gasteiger partial charge in [0.15, 0.2) is 0 Å². The number of amides is 1. The van der Waals surface area contributed by atoms with Crippen LogP contribution in [-0.2, 0) is 9.53 Å². The largest absolute Gasteiger partial charge is 0.376 e. The summed E-state index contributed by atoms with van der Waals surface area (Å²) in [5.41, 5.74) is 0. The minimum atomic E-state index is 0.254. The highest BCUT2D eigenvalue weighted by molar-refractivity contribution is 5.78. The lowest BCUT2D eigenvalue weighted by molar-refractivity contribution is -0.134. The molecule has 2 fully saturated rings. The van der Waals surface area contributed by atoms with Crippen molar-refractivity contribution >= 4 is 5.91 Å². The molecular formula is C11H21N3O2. The van der Waals surface area contributed by atoms with Gasteiger partial charge < -0.3 is 15.0 Å². The van der Waals surface area contributed by atoms with Crippen LogP contribution in [0.2, 0.25) is 0 Å². The Morgan fingerprint density at radius 2 is 2.12 bits per heavy atom. The van der Waals surface area contributed by atoms with Gasteiger partial charge in [0.25, 0.3) is 0 Å². The number of piperazine rings is 1. The van der Waals surface area contributed by atoms with E-state index >= 15 is 0 Å². The predicted molar refractivity (Wildman–Crippen MR) is 61.3 cm³/mol. The van der Waals surface area contributed by atoms with E-state index in [0.717, 1.165) is 45.9 Å². The molecule has 0 radical (unpaired) electrons. The van der Waals surface area contributed by atoms with Crippen molar-refractivity contribution in [3.05, 3.63) is 0 Å². The molecule has 1 atom stereocenters. The lowest BCUT2D eigenvalue weighted by Gasteiger charge is -2.33. The molecule has 0 spiro atoms. The van der Waals surface area contributed by atoms with E-state index in [1.165, 1.54) is 0 Å². The summed E-state index contributed by atoms with van der Waals surface area (Å²) in [4.78, 5) is 16.1. The van der Waals surface area contributed by atoms with E-state index in [2.05, 4.69) is 17.1 Å². The Bertz CT molecular complexity index is 241. The number of nitrogens with one attached hydrogen (secondary N) is 1. The molecule has 1 N–H and O–H groups in total. The summed E-state index contributed by atoms with van der Waals surface area (Å²) in [6.45, 7) is 8.64. The van der Waals surface area contributed by atoms with Gasteiger partial charge in [-0.15, -0.1) is 0 Å². The van der Waals surface area contributed by atoms with E-state index in [4.69, 9.17) is 4.74 Å². The van der Waals surface area contributed by atoms with Gasteiger partial charge >= 0.3 is 0 Å². The maximum absolute atomic E-state index is 12.0. The molecule has 0 bridgehead atoms. The quantitative estimate of drug-likeness (QED) is 0.667. The van der Waals surface area contributed by atoms with Crippen molar-refractivity contribution in [3.8, 4) is 0 Å². The lowest BCUT2D eigenvalue weighted by atomic mass is 10.3. The van der Waals surface area contributed by atoms with E-state index in [1.54, 1.807) is 0 Å². The number of hydrogen-bond acceptors (Lipinski definition) is 4. The maximum atomic E-state index is 12.0. The molecule has 16 heavy (non-hydrogen) atoms. The fourth-order valence-corrected chi connectivity index (χ4v) is 2.24. The zero-order valence-electron chi connectivity index (χ0n) is 9.95. The highest BCUT2D eigenvalue weighted by atomic mass is 16.5. The van der Waals surface area contributed by atoms with Crippen LogP contribution in [0.1, 0.15) is 6.92 Å². The SMILES string of the molecule is CC1CN(CC(=O)N2CCNCC2)CCO1. The standard InChI is InChI=1S/C11H21N3O2/c1-10-8-13(6-7-16-10)9-11(15)14-4-2-12-3-5-14/h10,12H,2-9H2,1H3. The van der Waals surface area contributed by atoms with Gasteiger partial charge in [0.1, 0.15) is 0 Å². The van der Waals surface area contributed by atoms with E-state index in [1.807, 2.05) is 4.90 Å². The van der Waals surface area contributed by atoms with Gasteiger partial charge in [-0.25, -0.2) is 0 Å². The molecule has 1 amide bonds. The van der Waals surface area contributed by atoms with Crippen LogP contribution in [0.15, 0.2) is 0 Å². The fraction of sp³-hybridized carbons (Fsp3) is 0.909. The van der Waals surface area contributed by atoms with E-state index in [-0.39, 0.29) is 12.0 Å². The van der Waals surface area contributed by atoms with Crippen LogP contribution in [0.4, 0.5) is 0 Å². The molecule has 0 aromatic heterocycles. The first-order chi connectivity index (χ1) is 7.75. The fourth-order valence-electron chi connectivity index (χ4n) is 2.24. The van der Waals surface area contributed by atoms with Gasteiger partial charge in [0, 0.05) is 39.3 Å². The second kappa shape index (κ2) is 5.61. The molecule has 2 heterocycles. The van der Waals surface area contributed by atoms with Crippen molar-refractivity contribution < 1.29 is 9.53 Å². The summed E-state index contributed by atoms with van der Waals surface area (Å²) in [5, 5.41) is 3.25. The Morgan fingerprint density at radius 1 is 1.38 bits per heavy atom. The van der Waals surface area contributed by atoms with Gasteiger partial charge in [0.05, 0.1) is 19.3 Å². The summed E-state index contributed by atoms with van der Waals surface area (Å²) in [7, 11) is 0. The zero-order valence-corrected chi connectivity index (χ0v) is 9.95. The minimum absolute atomic E-state index is 0.254. The van der Waals surface area contributed by atoms with Crippen LogP contribution in [0.5, 0.6) is 0 Å². The highest BCUT2D eigenvalue weighted by Gasteiger charge is 2.22. The van der Waals surface area contributed by atoms with Crippen molar-refractivity contribution in [2.24, 2.45) is 0 Å². The number of carbonyl (C=O) groups excluding carboxylic acids is 1. The second-order valence-corrected chi connectivity index (χ2v) is 4.55. The molecule has 0 aliphatic carbocycles. The predicted octanol–water partition coefficient (Wildman–Crippen LogP) is -0.861. The third kappa shape index (κ3) is 3.17. The first-order valence-corrected chi connectivity index (χ1v) is 6.08. The molecule has 5 heteroatoms. The lowest BCUT2D eigenvalue weighted by Crippen LogP contribution is -2.51. The van der Waals surface area contributed by atoms with Crippen LogP contribution in [0.3, 0.4) is 0 Å². The van der Waals surface area contributed by atoms with Crippen molar-refractivity contribution in [2.45, 2.75) is 13.0 Å². The molecule has 2 saturated heterocycles. The molecule has 2 rings (SSSR count). The Morgan fingerprint density at radius 3 is 2.81 bits per heavy atom. The topological polar surface area (TPSA) is 44.8 Å². The number of ether oxygens (including phenoxy) is 1. The molecule has 0 aromatic rings. The zero-order chi connectivity index (χ0) is 11.4. The van der Waals surface area contributed by atoms with Gasteiger partial charge in [-0.05, 0) is 6.92 Å². The number of carbonyl (C=O) groups is 1. The molecule has 0 aromatic carbocycles. The van der Waals surface area contributed by atoms with Crippen LogP contribution in [0, 0.1) is 0 Å². The Labute approximate surface area is 96.7 Å². The normalized spacial score (nSPS) is 28.1. The average Bonchev–Trinajstić information content (AvgIpc) is 2.30. The number of hydrogen-bond donors (Lipinski definition) is 1. The smallest absolute Gasteiger partial charge is 0.236 e. The Balaban J connectivity index is 1.77. The summed E-state index contributed by atoms with van der Waals surface area (Å²) < 4.78 is 5.46. The molecule has 0 saturated carbocycles. The summed E-state index contributed by atoms with van der Waals surface area (Å²) in [6.07, 6.45) is 0.254. The number of rotatable bonds is 2. The summed E-state index contributed by atoms with van der Waals surface area (Å²) in [5.74, 6) is 0.260. The molecule has 1 unspecified atom stereocenters. The van der Waals surface area contributed by atoms with E-state index in [0.29, 0.717) is 6.54 Å².